The lowest BCUT2D eigenvalue weighted by Crippen LogP contribution is -2.45. The van der Waals surface area contributed by atoms with Gasteiger partial charge in [0.1, 0.15) is 0 Å². The number of amides is 1. The number of hydrogen-bond acceptors (Lipinski definition) is 1. The molecule has 2 unspecified atom stereocenters. The molecular weight excluding hydrogens is 246 g/mol. The van der Waals surface area contributed by atoms with E-state index in [1.54, 1.807) is 0 Å². The predicted molar refractivity (Wildman–Crippen MR) is 78.8 cm³/mol. The zero-order chi connectivity index (χ0) is 13.7. The molecule has 0 saturated heterocycles. The Hall–Kier alpha value is -2.09. The zero-order valence-electron chi connectivity index (χ0n) is 11.5. The Kier molecular flexibility index (Phi) is 2.46. The normalized spacial score (nSPS) is 23.9. The van der Waals surface area contributed by atoms with Gasteiger partial charge in [0, 0.05) is 12.1 Å². The van der Waals surface area contributed by atoms with E-state index in [0.29, 0.717) is 5.92 Å². The third-order valence-corrected chi connectivity index (χ3v) is 4.65. The van der Waals surface area contributed by atoms with Crippen LogP contribution in [-0.4, -0.2) is 17.4 Å². The first-order valence-electron chi connectivity index (χ1n) is 7.23. The average molecular weight is 263 g/mol. The van der Waals surface area contributed by atoms with E-state index in [9.17, 15) is 4.79 Å². The molecular formula is C18H17NO. The van der Waals surface area contributed by atoms with Crippen LogP contribution >= 0.6 is 0 Å². The van der Waals surface area contributed by atoms with Crippen molar-refractivity contribution in [2.75, 3.05) is 6.54 Å². The minimum Gasteiger partial charge on any atom is -0.331 e. The summed E-state index contributed by atoms with van der Waals surface area (Å²) in [6, 6.07) is 16.8. The monoisotopic (exact) mass is 263 g/mol. The van der Waals surface area contributed by atoms with Gasteiger partial charge in [-0.1, -0.05) is 49.4 Å². The molecule has 0 spiro atoms. The Morgan fingerprint density at radius 3 is 2.55 bits per heavy atom. The van der Waals surface area contributed by atoms with Gasteiger partial charge in [0.15, 0.2) is 0 Å². The lowest BCUT2D eigenvalue weighted by Gasteiger charge is -2.43. The van der Waals surface area contributed by atoms with E-state index in [2.05, 4.69) is 42.2 Å². The fraction of sp³-hybridized carbons (Fsp3) is 0.278. The number of hydrogen-bond donors (Lipinski definition) is 0. The minimum atomic E-state index is 0.193. The second kappa shape index (κ2) is 4.20. The zero-order valence-corrected chi connectivity index (χ0v) is 11.5. The van der Waals surface area contributed by atoms with Crippen molar-refractivity contribution in [1.29, 1.82) is 0 Å². The fourth-order valence-electron chi connectivity index (χ4n) is 3.67. The van der Waals surface area contributed by atoms with Crippen LogP contribution in [-0.2, 0) is 6.42 Å². The molecule has 1 amide bonds. The Balaban J connectivity index is 1.87. The van der Waals surface area contributed by atoms with E-state index in [-0.39, 0.29) is 11.9 Å². The first-order chi connectivity index (χ1) is 9.75. The van der Waals surface area contributed by atoms with Gasteiger partial charge in [0.05, 0.1) is 6.04 Å². The smallest absolute Gasteiger partial charge is 0.254 e. The third kappa shape index (κ3) is 1.54. The molecule has 0 saturated carbocycles. The number of carbonyl (C=O) groups is 1. The van der Waals surface area contributed by atoms with E-state index < -0.39 is 0 Å². The van der Waals surface area contributed by atoms with Crippen molar-refractivity contribution in [3.05, 3.63) is 70.8 Å². The van der Waals surface area contributed by atoms with Crippen LogP contribution in [0.1, 0.15) is 45.9 Å². The van der Waals surface area contributed by atoms with Crippen molar-refractivity contribution in [3.8, 4) is 0 Å². The highest BCUT2D eigenvalue weighted by Crippen LogP contribution is 2.41. The summed E-state index contributed by atoms with van der Waals surface area (Å²) in [7, 11) is 0. The molecule has 2 heterocycles. The fourth-order valence-corrected chi connectivity index (χ4v) is 3.67. The molecule has 0 radical (unpaired) electrons. The number of rotatable bonds is 0. The van der Waals surface area contributed by atoms with E-state index >= 15 is 0 Å². The van der Waals surface area contributed by atoms with Gasteiger partial charge in [-0.25, -0.2) is 0 Å². The highest BCUT2D eigenvalue weighted by Gasteiger charge is 2.38. The molecule has 2 aliphatic rings. The number of carbonyl (C=O) groups excluding carboxylic acids is 1. The number of fused-ring (bicyclic) bond motifs is 4. The molecule has 2 atom stereocenters. The molecule has 0 fully saturated rings. The van der Waals surface area contributed by atoms with E-state index in [4.69, 9.17) is 0 Å². The average Bonchev–Trinajstić information content (AvgIpc) is 2.49. The van der Waals surface area contributed by atoms with Gasteiger partial charge in [-0.2, -0.15) is 0 Å². The Morgan fingerprint density at radius 2 is 1.70 bits per heavy atom. The van der Waals surface area contributed by atoms with Crippen molar-refractivity contribution >= 4 is 5.91 Å². The van der Waals surface area contributed by atoms with Crippen LogP contribution in [0, 0.1) is 0 Å². The summed E-state index contributed by atoms with van der Waals surface area (Å²) in [6.07, 6.45) is 0.936. The standard InChI is InChI=1S/C18H17NO/c1-12-11-19-17(16-9-5-4-7-14(12)16)10-13-6-2-3-8-15(13)18(19)20/h2-9,12,17H,10-11H2,1H3. The van der Waals surface area contributed by atoms with Crippen LogP contribution in [0.25, 0.3) is 0 Å². The van der Waals surface area contributed by atoms with Crippen molar-refractivity contribution in [2.45, 2.75) is 25.3 Å². The van der Waals surface area contributed by atoms with Gasteiger partial charge < -0.3 is 4.90 Å². The van der Waals surface area contributed by atoms with Gasteiger partial charge in [0.25, 0.3) is 5.91 Å². The first-order valence-corrected chi connectivity index (χ1v) is 7.23. The predicted octanol–water partition coefficient (Wildman–Crippen LogP) is 3.54. The topological polar surface area (TPSA) is 20.3 Å². The lowest BCUT2D eigenvalue weighted by atomic mass is 9.80. The molecule has 2 aromatic carbocycles. The van der Waals surface area contributed by atoms with E-state index in [1.165, 1.54) is 16.7 Å². The van der Waals surface area contributed by atoms with Crippen molar-refractivity contribution in [1.82, 2.24) is 4.90 Å². The van der Waals surface area contributed by atoms with Crippen LogP contribution in [0.15, 0.2) is 48.5 Å². The highest BCUT2D eigenvalue weighted by atomic mass is 16.2. The van der Waals surface area contributed by atoms with Gasteiger partial charge in [-0.3, -0.25) is 4.79 Å². The van der Waals surface area contributed by atoms with Gasteiger partial charge in [-0.05, 0) is 35.1 Å². The van der Waals surface area contributed by atoms with E-state index in [0.717, 1.165) is 18.5 Å². The molecule has 2 aliphatic heterocycles. The van der Waals surface area contributed by atoms with Crippen molar-refractivity contribution < 1.29 is 4.79 Å². The molecule has 0 bridgehead atoms. The molecule has 100 valence electrons. The van der Waals surface area contributed by atoms with E-state index in [1.807, 2.05) is 18.2 Å². The highest BCUT2D eigenvalue weighted by molar-refractivity contribution is 5.97. The molecule has 0 N–H and O–H groups in total. The SMILES string of the molecule is CC1CN2C(=O)c3ccccc3CC2c2ccccc21. The van der Waals surface area contributed by atoms with Crippen molar-refractivity contribution in [2.24, 2.45) is 0 Å². The summed E-state index contributed by atoms with van der Waals surface area (Å²) in [6.45, 7) is 3.04. The quantitative estimate of drug-likeness (QED) is 0.712. The Bertz CT molecular complexity index is 691. The minimum absolute atomic E-state index is 0.193. The summed E-state index contributed by atoms with van der Waals surface area (Å²) in [5.74, 6) is 0.606. The summed E-state index contributed by atoms with van der Waals surface area (Å²) in [4.78, 5) is 14.8. The molecule has 0 aliphatic carbocycles. The largest absolute Gasteiger partial charge is 0.331 e. The summed E-state index contributed by atoms with van der Waals surface area (Å²) in [5, 5.41) is 0. The number of benzene rings is 2. The maximum absolute atomic E-state index is 12.7. The van der Waals surface area contributed by atoms with Gasteiger partial charge in [-0.15, -0.1) is 0 Å². The third-order valence-electron chi connectivity index (χ3n) is 4.65. The summed E-state index contributed by atoms with van der Waals surface area (Å²) >= 11 is 0. The number of nitrogens with zero attached hydrogens (tertiary/aromatic N) is 1. The summed E-state index contributed by atoms with van der Waals surface area (Å²) < 4.78 is 0. The van der Waals surface area contributed by atoms with Crippen LogP contribution in [0.2, 0.25) is 0 Å². The van der Waals surface area contributed by atoms with Crippen LogP contribution in [0.3, 0.4) is 0 Å². The molecule has 2 heteroatoms. The van der Waals surface area contributed by atoms with Crippen molar-refractivity contribution in [3.63, 3.8) is 0 Å². The molecule has 2 nitrogen and oxygen atoms in total. The van der Waals surface area contributed by atoms with Gasteiger partial charge >= 0.3 is 0 Å². The maximum atomic E-state index is 12.7. The molecule has 20 heavy (non-hydrogen) atoms. The Morgan fingerprint density at radius 1 is 1.00 bits per heavy atom. The molecule has 2 aromatic rings. The first kappa shape index (κ1) is 11.7. The maximum Gasteiger partial charge on any atom is 0.254 e. The lowest BCUT2D eigenvalue weighted by molar-refractivity contribution is 0.0612. The van der Waals surface area contributed by atoms with Crippen LogP contribution in [0.5, 0.6) is 0 Å². The second-order valence-corrected chi connectivity index (χ2v) is 5.86. The van der Waals surface area contributed by atoms with Crippen LogP contribution < -0.4 is 0 Å². The van der Waals surface area contributed by atoms with Crippen LogP contribution in [0.4, 0.5) is 0 Å². The molecule has 0 aromatic heterocycles. The second-order valence-electron chi connectivity index (χ2n) is 5.86. The van der Waals surface area contributed by atoms with Gasteiger partial charge in [0.2, 0.25) is 0 Å². The molecule has 4 rings (SSSR count). The summed E-state index contributed by atoms with van der Waals surface area (Å²) in [5.41, 5.74) is 4.80. The Labute approximate surface area is 119 Å².